The first-order valence-corrected chi connectivity index (χ1v) is 5.25. The Labute approximate surface area is 81.9 Å². The van der Waals surface area contributed by atoms with Gasteiger partial charge in [0, 0.05) is 11.4 Å². The number of nitrogens with one attached hydrogen (secondary N) is 1. The standard InChI is InChI=1S/C10H12FNS/c1-7-4-8-2-3-9(11)5-10(8)13-12-6-7/h2-3,5,7,12H,4,6H2,1H3. The molecule has 1 aliphatic rings. The summed E-state index contributed by atoms with van der Waals surface area (Å²) >= 11 is 1.54. The van der Waals surface area contributed by atoms with Crippen molar-refractivity contribution < 1.29 is 4.39 Å². The normalized spacial score (nSPS) is 22.2. The van der Waals surface area contributed by atoms with E-state index >= 15 is 0 Å². The SMILES string of the molecule is CC1CNSc2cc(F)ccc2C1. The lowest BCUT2D eigenvalue weighted by Crippen LogP contribution is -2.12. The first-order valence-electron chi connectivity index (χ1n) is 4.44. The van der Waals surface area contributed by atoms with Crippen molar-refractivity contribution in [2.24, 2.45) is 5.92 Å². The van der Waals surface area contributed by atoms with E-state index in [0.29, 0.717) is 5.92 Å². The van der Waals surface area contributed by atoms with Crippen LogP contribution in [0.2, 0.25) is 0 Å². The number of halogens is 1. The summed E-state index contributed by atoms with van der Waals surface area (Å²) in [7, 11) is 0. The van der Waals surface area contributed by atoms with Gasteiger partial charge in [0.05, 0.1) is 0 Å². The van der Waals surface area contributed by atoms with Gasteiger partial charge in [-0.15, -0.1) is 0 Å². The molecule has 70 valence electrons. The molecule has 1 heterocycles. The summed E-state index contributed by atoms with van der Waals surface area (Å²) in [5, 5.41) is 0. The maximum Gasteiger partial charge on any atom is 0.124 e. The van der Waals surface area contributed by atoms with Crippen LogP contribution in [0.3, 0.4) is 0 Å². The molecule has 1 aromatic rings. The molecule has 2 rings (SSSR count). The molecule has 1 atom stereocenters. The molecular formula is C10H12FNS. The zero-order valence-electron chi connectivity index (χ0n) is 7.51. The average molecular weight is 197 g/mol. The van der Waals surface area contributed by atoms with Gasteiger partial charge in [0.25, 0.3) is 0 Å². The molecule has 0 spiro atoms. The highest BCUT2D eigenvalue weighted by Crippen LogP contribution is 2.26. The second kappa shape index (κ2) is 3.68. The first kappa shape index (κ1) is 9.03. The molecule has 1 aromatic carbocycles. The highest BCUT2D eigenvalue weighted by atomic mass is 32.2. The van der Waals surface area contributed by atoms with Crippen molar-refractivity contribution in [3.8, 4) is 0 Å². The van der Waals surface area contributed by atoms with E-state index < -0.39 is 0 Å². The summed E-state index contributed by atoms with van der Waals surface area (Å²) in [5.74, 6) is 0.474. The van der Waals surface area contributed by atoms with Crippen LogP contribution >= 0.6 is 11.9 Å². The van der Waals surface area contributed by atoms with Crippen molar-refractivity contribution in [2.75, 3.05) is 6.54 Å². The molecule has 0 amide bonds. The van der Waals surface area contributed by atoms with Gasteiger partial charge in [0.2, 0.25) is 0 Å². The van der Waals surface area contributed by atoms with Crippen LogP contribution in [0.4, 0.5) is 4.39 Å². The van der Waals surface area contributed by atoms with Crippen LogP contribution in [0.5, 0.6) is 0 Å². The van der Waals surface area contributed by atoms with Crippen LogP contribution in [-0.4, -0.2) is 6.54 Å². The van der Waals surface area contributed by atoms with Gasteiger partial charge in [-0.2, -0.15) is 0 Å². The molecule has 1 aliphatic heterocycles. The van der Waals surface area contributed by atoms with E-state index in [1.165, 1.54) is 23.6 Å². The van der Waals surface area contributed by atoms with Crippen molar-refractivity contribution in [3.05, 3.63) is 29.6 Å². The zero-order chi connectivity index (χ0) is 9.26. The van der Waals surface area contributed by atoms with Gasteiger partial charge >= 0.3 is 0 Å². The van der Waals surface area contributed by atoms with Crippen LogP contribution in [0.1, 0.15) is 12.5 Å². The summed E-state index contributed by atoms with van der Waals surface area (Å²) in [6, 6.07) is 5.03. The van der Waals surface area contributed by atoms with Crippen molar-refractivity contribution >= 4 is 11.9 Å². The van der Waals surface area contributed by atoms with Gasteiger partial charge in [-0.3, -0.25) is 4.72 Å². The molecule has 0 aromatic heterocycles. The smallest absolute Gasteiger partial charge is 0.124 e. The van der Waals surface area contributed by atoms with Crippen LogP contribution < -0.4 is 4.72 Å². The Morgan fingerprint density at radius 1 is 1.54 bits per heavy atom. The predicted octanol–water partition coefficient (Wildman–Crippen LogP) is 2.61. The molecule has 0 saturated heterocycles. The maximum atomic E-state index is 12.9. The Bertz CT molecular complexity index is 314. The molecule has 3 heteroatoms. The fourth-order valence-corrected chi connectivity index (χ4v) is 2.48. The lowest BCUT2D eigenvalue weighted by Gasteiger charge is -2.06. The third kappa shape index (κ3) is 2.03. The Morgan fingerprint density at radius 3 is 3.23 bits per heavy atom. The van der Waals surface area contributed by atoms with Crippen LogP contribution in [-0.2, 0) is 6.42 Å². The molecule has 0 bridgehead atoms. The van der Waals surface area contributed by atoms with Gasteiger partial charge in [-0.1, -0.05) is 13.0 Å². The second-order valence-electron chi connectivity index (χ2n) is 3.51. The Hall–Kier alpha value is -0.540. The van der Waals surface area contributed by atoms with Crippen molar-refractivity contribution in [2.45, 2.75) is 18.2 Å². The molecule has 0 saturated carbocycles. The molecule has 1 N–H and O–H groups in total. The molecule has 0 aliphatic carbocycles. The molecule has 1 unspecified atom stereocenters. The first-order chi connectivity index (χ1) is 6.25. The molecule has 0 radical (unpaired) electrons. The average Bonchev–Trinajstić information content (AvgIpc) is 2.25. The summed E-state index contributed by atoms with van der Waals surface area (Å²) in [6.07, 6.45) is 1.04. The zero-order valence-corrected chi connectivity index (χ0v) is 8.33. The van der Waals surface area contributed by atoms with Crippen LogP contribution in [0.15, 0.2) is 23.1 Å². The van der Waals surface area contributed by atoms with E-state index in [2.05, 4.69) is 11.6 Å². The van der Waals surface area contributed by atoms with Gasteiger partial charge in [0.1, 0.15) is 5.82 Å². The van der Waals surface area contributed by atoms with Crippen LogP contribution in [0, 0.1) is 11.7 Å². The number of rotatable bonds is 0. The van der Waals surface area contributed by atoms with Crippen molar-refractivity contribution in [1.29, 1.82) is 0 Å². The number of benzene rings is 1. The lowest BCUT2D eigenvalue weighted by atomic mass is 10.0. The van der Waals surface area contributed by atoms with Gasteiger partial charge in [-0.25, -0.2) is 4.39 Å². The minimum Gasteiger partial charge on any atom is -0.260 e. The largest absolute Gasteiger partial charge is 0.260 e. The Morgan fingerprint density at radius 2 is 2.38 bits per heavy atom. The molecule has 13 heavy (non-hydrogen) atoms. The quantitative estimate of drug-likeness (QED) is 0.642. The second-order valence-corrected chi connectivity index (χ2v) is 4.44. The fraction of sp³-hybridized carbons (Fsp3) is 0.400. The van der Waals surface area contributed by atoms with E-state index in [-0.39, 0.29) is 5.82 Å². The fourth-order valence-electron chi connectivity index (χ4n) is 1.50. The summed E-state index contributed by atoms with van der Waals surface area (Å²) in [4.78, 5) is 1.03. The summed E-state index contributed by atoms with van der Waals surface area (Å²) < 4.78 is 16.1. The van der Waals surface area contributed by atoms with E-state index in [1.807, 2.05) is 6.07 Å². The molecule has 0 fully saturated rings. The van der Waals surface area contributed by atoms with Gasteiger partial charge < -0.3 is 0 Å². The van der Waals surface area contributed by atoms with E-state index in [9.17, 15) is 4.39 Å². The number of hydrogen-bond donors (Lipinski definition) is 1. The van der Waals surface area contributed by atoms with Crippen molar-refractivity contribution in [1.82, 2.24) is 4.72 Å². The monoisotopic (exact) mass is 197 g/mol. The van der Waals surface area contributed by atoms with Gasteiger partial charge in [0.15, 0.2) is 0 Å². The Kier molecular flexibility index (Phi) is 2.56. The predicted molar refractivity (Wildman–Crippen MR) is 53.1 cm³/mol. The van der Waals surface area contributed by atoms with Crippen LogP contribution in [0.25, 0.3) is 0 Å². The maximum absolute atomic E-state index is 12.9. The summed E-state index contributed by atoms with van der Waals surface area (Å²) in [6.45, 7) is 3.19. The molecule has 1 nitrogen and oxygen atoms in total. The lowest BCUT2D eigenvalue weighted by molar-refractivity contribution is 0.575. The highest BCUT2D eigenvalue weighted by Gasteiger charge is 2.13. The van der Waals surface area contributed by atoms with Gasteiger partial charge in [-0.05, 0) is 42.0 Å². The minimum absolute atomic E-state index is 0.150. The number of fused-ring (bicyclic) bond motifs is 1. The van der Waals surface area contributed by atoms with E-state index in [4.69, 9.17) is 0 Å². The number of hydrogen-bond acceptors (Lipinski definition) is 2. The third-order valence-electron chi connectivity index (χ3n) is 2.21. The third-order valence-corrected chi connectivity index (χ3v) is 3.12. The van der Waals surface area contributed by atoms with Crippen molar-refractivity contribution in [3.63, 3.8) is 0 Å². The highest BCUT2D eigenvalue weighted by molar-refractivity contribution is 7.97. The minimum atomic E-state index is -0.150. The molecular weight excluding hydrogens is 185 g/mol. The van der Waals surface area contributed by atoms with E-state index in [1.54, 1.807) is 6.07 Å². The van der Waals surface area contributed by atoms with E-state index in [0.717, 1.165) is 17.9 Å². The summed E-state index contributed by atoms with van der Waals surface area (Å²) in [5.41, 5.74) is 1.25. The Balaban J connectivity index is 2.34. The topological polar surface area (TPSA) is 12.0 Å².